The second kappa shape index (κ2) is 7.08. The maximum absolute atomic E-state index is 12.8. The van der Waals surface area contributed by atoms with Gasteiger partial charge in [0, 0.05) is 24.3 Å². The first-order chi connectivity index (χ1) is 12.2. The molecule has 1 saturated heterocycles. The predicted molar refractivity (Wildman–Crippen MR) is 93.1 cm³/mol. The van der Waals surface area contributed by atoms with E-state index in [1.54, 1.807) is 4.90 Å². The van der Waals surface area contributed by atoms with Crippen LogP contribution in [0.5, 0.6) is 0 Å². The van der Waals surface area contributed by atoms with Crippen LogP contribution in [0.3, 0.4) is 0 Å². The molecule has 1 aliphatic rings. The SMILES string of the molecule is O=S(=O)(c1ccc(Cl)cc1)C1CCN(c2cc(C(F)(F)F)ccn2)CC1. The van der Waals surface area contributed by atoms with Crippen molar-refractivity contribution in [2.24, 2.45) is 0 Å². The quantitative estimate of drug-likeness (QED) is 0.769. The molecule has 0 spiro atoms. The average Bonchev–Trinajstić information content (AvgIpc) is 2.62. The summed E-state index contributed by atoms with van der Waals surface area (Å²) < 4.78 is 63.9. The summed E-state index contributed by atoms with van der Waals surface area (Å²) in [6.07, 6.45) is -2.67. The lowest BCUT2D eigenvalue weighted by Gasteiger charge is -2.32. The lowest BCUT2D eigenvalue weighted by Crippen LogP contribution is -2.39. The fourth-order valence-electron chi connectivity index (χ4n) is 2.98. The molecule has 0 bridgehead atoms. The standard InChI is InChI=1S/C17H16ClF3N2O2S/c18-13-1-3-14(4-2-13)26(24,25)15-6-9-23(10-7-15)16-11-12(5-8-22-16)17(19,20)21/h1-5,8,11,15H,6-7,9-10H2. The molecule has 1 aromatic carbocycles. The lowest BCUT2D eigenvalue weighted by atomic mass is 10.1. The Morgan fingerprint density at radius 3 is 2.27 bits per heavy atom. The van der Waals surface area contributed by atoms with Crippen molar-refractivity contribution in [3.05, 3.63) is 53.2 Å². The number of rotatable bonds is 3. The summed E-state index contributed by atoms with van der Waals surface area (Å²) in [6, 6.07) is 7.90. The Hall–Kier alpha value is -1.80. The van der Waals surface area contributed by atoms with Crippen LogP contribution < -0.4 is 4.90 Å². The zero-order valence-corrected chi connectivity index (χ0v) is 15.2. The fourth-order valence-corrected chi connectivity index (χ4v) is 4.84. The van der Waals surface area contributed by atoms with E-state index >= 15 is 0 Å². The second-order valence-electron chi connectivity index (χ2n) is 6.09. The normalized spacial score (nSPS) is 16.7. The third kappa shape index (κ3) is 3.96. The average molecular weight is 405 g/mol. The molecule has 2 heterocycles. The first-order valence-corrected chi connectivity index (χ1v) is 9.88. The molecule has 26 heavy (non-hydrogen) atoms. The Morgan fingerprint density at radius 2 is 1.69 bits per heavy atom. The number of nitrogens with zero attached hydrogens (tertiary/aromatic N) is 2. The molecule has 0 N–H and O–H groups in total. The zero-order chi connectivity index (χ0) is 18.9. The van der Waals surface area contributed by atoms with Crippen LogP contribution in [-0.4, -0.2) is 31.7 Å². The van der Waals surface area contributed by atoms with Gasteiger partial charge in [0.15, 0.2) is 9.84 Å². The summed E-state index contributed by atoms with van der Waals surface area (Å²) in [4.78, 5) is 5.88. The summed E-state index contributed by atoms with van der Waals surface area (Å²) in [5.41, 5.74) is -0.765. The molecule has 0 unspecified atom stereocenters. The highest BCUT2D eigenvalue weighted by atomic mass is 35.5. The molecule has 1 fully saturated rings. The summed E-state index contributed by atoms with van der Waals surface area (Å²) >= 11 is 5.79. The molecule has 0 amide bonds. The van der Waals surface area contributed by atoms with E-state index in [0.29, 0.717) is 31.0 Å². The molecule has 0 aliphatic carbocycles. The van der Waals surface area contributed by atoms with Crippen LogP contribution in [0.4, 0.5) is 19.0 Å². The minimum absolute atomic E-state index is 0.206. The van der Waals surface area contributed by atoms with Crippen LogP contribution in [0.15, 0.2) is 47.5 Å². The minimum atomic E-state index is -4.44. The van der Waals surface area contributed by atoms with E-state index in [4.69, 9.17) is 11.6 Å². The Labute approximate surface area is 154 Å². The number of sulfone groups is 1. The van der Waals surface area contributed by atoms with E-state index in [1.807, 2.05) is 0 Å². The van der Waals surface area contributed by atoms with Gasteiger partial charge in [0.05, 0.1) is 15.7 Å². The molecule has 140 valence electrons. The first-order valence-electron chi connectivity index (χ1n) is 7.95. The summed E-state index contributed by atoms with van der Waals surface area (Å²) in [5.74, 6) is 0.210. The van der Waals surface area contributed by atoms with Crippen molar-refractivity contribution >= 4 is 27.3 Å². The summed E-state index contributed by atoms with van der Waals surface area (Å²) in [5, 5.41) is -0.125. The second-order valence-corrected chi connectivity index (χ2v) is 8.75. The molecule has 1 aliphatic heterocycles. The van der Waals surface area contributed by atoms with Gasteiger partial charge in [-0.05, 0) is 49.2 Å². The Kier molecular flexibility index (Phi) is 5.16. The van der Waals surface area contributed by atoms with Gasteiger partial charge < -0.3 is 4.90 Å². The van der Waals surface area contributed by atoms with Crippen LogP contribution in [0.25, 0.3) is 0 Å². The smallest absolute Gasteiger partial charge is 0.357 e. The molecular weight excluding hydrogens is 389 g/mol. The van der Waals surface area contributed by atoms with Crippen molar-refractivity contribution in [3.63, 3.8) is 0 Å². The van der Waals surface area contributed by atoms with Crippen LogP contribution in [0.1, 0.15) is 18.4 Å². The lowest BCUT2D eigenvalue weighted by molar-refractivity contribution is -0.137. The van der Waals surface area contributed by atoms with E-state index in [-0.39, 0.29) is 10.7 Å². The zero-order valence-electron chi connectivity index (χ0n) is 13.6. The van der Waals surface area contributed by atoms with Crippen LogP contribution >= 0.6 is 11.6 Å². The highest BCUT2D eigenvalue weighted by Gasteiger charge is 2.34. The molecular formula is C17H16ClF3N2O2S. The molecule has 0 saturated carbocycles. The maximum atomic E-state index is 12.8. The molecule has 3 rings (SSSR count). The van der Waals surface area contributed by atoms with Crippen LogP contribution in [0.2, 0.25) is 5.02 Å². The van der Waals surface area contributed by atoms with Gasteiger partial charge in [-0.2, -0.15) is 13.2 Å². The third-order valence-electron chi connectivity index (χ3n) is 4.42. The number of anilines is 1. The Morgan fingerprint density at radius 1 is 1.08 bits per heavy atom. The van der Waals surface area contributed by atoms with E-state index in [0.717, 1.165) is 18.3 Å². The van der Waals surface area contributed by atoms with Gasteiger partial charge in [0.25, 0.3) is 0 Å². The predicted octanol–water partition coefficient (Wildman–Crippen LogP) is 4.20. The number of aromatic nitrogens is 1. The number of benzene rings is 1. The highest BCUT2D eigenvalue weighted by molar-refractivity contribution is 7.92. The van der Waals surface area contributed by atoms with Gasteiger partial charge in [0.2, 0.25) is 0 Å². The van der Waals surface area contributed by atoms with Crippen molar-refractivity contribution in [2.75, 3.05) is 18.0 Å². The summed E-state index contributed by atoms with van der Waals surface area (Å²) in [7, 11) is -3.50. The van der Waals surface area contributed by atoms with Gasteiger partial charge in [0.1, 0.15) is 5.82 Å². The van der Waals surface area contributed by atoms with Crippen LogP contribution in [-0.2, 0) is 16.0 Å². The largest absolute Gasteiger partial charge is 0.416 e. The van der Waals surface area contributed by atoms with E-state index < -0.39 is 26.8 Å². The van der Waals surface area contributed by atoms with Crippen molar-refractivity contribution in [1.82, 2.24) is 4.98 Å². The fraction of sp³-hybridized carbons (Fsp3) is 0.353. The van der Waals surface area contributed by atoms with E-state index in [1.165, 1.54) is 24.3 Å². The van der Waals surface area contributed by atoms with Crippen LogP contribution in [0, 0.1) is 0 Å². The van der Waals surface area contributed by atoms with Crippen molar-refractivity contribution in [3.8, 4) is 0 Å². The molecule has 9 heteroatoms. The van der Waals surface area contributed by atoms with Crippen molar-refractivity contribution < 1.29 is 21.6 Å². The number of hydrogen-bond acceptors (Lipinski definition) is 4. The first kappa shape index (κ1) is 19.0. The molecule has 0 radical (unpaired) electrons. The van der Waals surface area contributed by atoms with Crippen molar-refractivity contribution in [1.29, 1.82) is 0 Å². The molecule has 0 atom stereocenters. The Bertz CT molecular complexity index is 878. The van der Waals surface area contributed by atoms with Gasteiger partial charge in [-0.15, -0.1) is 0 Å². The van der Waals surface area contributed by atoms with Gasteiger partial charge in [-0.25, -0.2) is 13.4 Å². The van der Waals surface area contributed by atoms with Gasteiger partial charge >= 0.3 is 6.18 Å². The topological polar surface area (TPSA) is 50.3 Å². The highest BCUT2D eigenvalue weighted by Crippen LogP contribution is 2.32. The van der Waals surface area contributed by atoms with E-state index in [2.05, 4.69) is 4.98 Å². The maximum Gasteiger partial charge on any atom is 0.416 e. The Balaban J connectivity index is 1.72. The van der Waals surface area contributed by atoms with E-state index in [9.17, 15) is 21.6 Å². The minimum Gasteiger partial charge on any atom is -0.357 e. The number of piperidine rings is 1. The number of hydrogen-bond donors (Lipinski definition) is 0. The number of pyridine rings is 1. The summed E-state index contributed by atoms with van der Waals surface area (Å²) in [6.45, 7) is 0.650. The third-order valence-corrected chi connectivity index (χ3v) is 6.95. The molecule has 1 aromatic heterocycles. The van der Waals surface area contributed by atoms with Gasteiger partial charge in [-0.1, -0.05) is 11.6 Å². The van der Waals surface area contributed by atoms with Crippen molar-refractivity contribution in [2.45, 2.75) is 29.2 Å². The molecule has 2 aromatic rings. The van der Waals surface area contributed by atoms with Gasteiger partial charge in [-0.3, -0.25) is 0 Å². The molecule has 4 nitrogen and oxygen atoms in total. The number of alkyl halides is 3. The monoisotopic (exact) mass is 404 g/mol. The number of halogens is 4.